The molecule has 6 aromatic rings. The van der Waals surface area contributed by atoms with Crippen LogP contribution < -0.4 is 26.8 Å². The van der Waals surface area contributed by atoms with Crippen molar-refractivity contribution in [2.45, 2.75) is 66.7 Å². The van der Waals surface area contributed by atoms with Crippen molar-refractivity contribution in [1.82, 2.24) is 43.6 Å². The molecule has 55 heavy (non-hydrogen) atoms. The van der Waals surface area contributed by atoms with Crippen LogP contribution in [0.5, 0.6) is 5.75 Å². The third-order valence-electron chi connectivity index (χ3n) is 9.19. The van der Waals surface area contributed by atoms with Gasteiger partial charge in [-0.2, -0.15) is 10.2 Å². The molecule has 0 radical (unpaired) electrons. The molecule has 0 atom stereocenters. The van der Waals surface area contributed by atoms with Gasteiger partial charge in [-0.3, -0.25) is 43.7 Å². The predicted molar refractivity (Wildman–Crippen MR) is 203 cm³/mol. The number of aryl methyl sites for hydroxylation is 4. The van der Waals surface area contributed by atoms with E-state index in [4.69, 9.17) is 21.2 Å². The average molecular weight is 748 g/mol. The number of imidazole rings is 2. The number of hydrogen-bond acceptors (Lipinski definition) is 10. The van der Waals surface area contributed by atoms with Crippen LogP contribution in [0.15, 0.2) is 48.7 Å². The second kappa shape index (κ2) is 14.9. The van der Waals surface area contributed by atoms with E-state index in [0.717, 1.165) is 12.8 Å². The fraction of sp³-hybridized carbons (Fsp3) is 0.324. The number of rotatable bonds is 15. The fourth-order valence-electron chi connectivity index (χ4n) is 6.29. The first-order chi connectivity index (χ1) is 26.4. The highest BCUT2D eigenvalue weighted by Crippen LogP contribution is 2.34. The Kier molecular flexibility index (Phi) is 9.88. The van der Waals surface area contributed by atoms with Gasteiger partial charge in [0.1, 0.15) is 28.2 Å². The maximum absolute atomic E-state index is 13.6. The van der Waals surface area contributed by atoms with Crippen molar-refractivity contribution in [2.75, 3.05) is 17.2 Å². The minimum Gasteiger partial charge on any atom is -0.491 e. The summed E-state index contributed by atoms with van der Waals surface area (Å²) in [6.45, 7) is 9.24. The molecule has 0 spiro atoms. The van der Waals surface area contributed by atoms with Gasteiger partial charge in [0.2, 0.25) is 23.7 Å². The number of anilines is 2. The smallest absolute Gasteiger partial charge is 0.276 e. The summed E-state index contributed by atoms with van der Waals surface area (Å²) in [4.78, 5) is 65.1. The second-order valence-corrected chi connectivity index (χ2v) is 13.3. The van der Waals surface area contributed by atoms with E-state index in [1.165, 1.54) is 12.3 Å². The number of amides is 4. The zero-order chi connectivity index (χ0) is 39.0. The summed E-state index contributed by atoms with van der Waals surface area (Å²) in [6.07, 6.45) is 7.16. The van der Waals surface area contributed by atoms with Crippen molar-refractivity contribution in [2.24, 2.45) is 17.4 Å². The Morgan fingerprint density at radius 2 is 1.33 bits per heavy atom. The number of carbonyl (C=O) groups is 4. The lowest BCUT2D eigenvalue weighted by molar-refractivity contribution is 0.0991. The van der Waals surface area contributed by atoms with Gasteiger partial charge in [-0.15, -0.1) is 0 Å². The fourth-order valence-corrected chi connectivity index (χ4v) is 6.29. The number of hydrogen-bond donors (Lipinski definition) is 4. The van der Waals surface area contributed by atoms with Crippen molar-refractivity contribution in [1.29, 1.82) is 0 Å². The van der Waals surface area contributed by atoms with Crippen LogP contribution in [0.2, 0.25) is 0 Å². The maximum atomic E-state index is 13.6. The largest absolute Gasteiger partial charge is 0.491 e. The van der Waals surface area contributed by atoms with E-state index < -0.39 is 23.6 Å². The Hall–Kier alpha value is -6.85. The molecule has 5 heterocycles. The number of pyridine rings is 1. The van der Waals surface area contributed by atoms with Gasteiger partial charge in [0.05, 0.1) is 29.1 Å². The molecule has 1 aliphatic carbocycles. The summed E-state index contributed by atoms with van der Waals surface area (Å²) < 4.78 is 12.9. The van der Waals surface area contributed by atoms with Crippen LogP contribution in [0, 0.1) is 19.8 Å². The zero-order valence-corrected chi connectivity index (χ0v) is 30.9. The molecule has 5 aromatic heterocycles. The molecular weight excluding hydrogens is 706 g/mol. The molecule has 284 valence electrons. The van der Waals surface area contributed by atoms with Crippen molar-refractivity contribution in [3.05, 3.63) is 82.6 Å². The Morgan fingerprint density at radius 3 is 1.89 bits per heavy atom. The number of ether oxygens (including phenoxy) is 1. The monoisotopic (exact) mass is 747 g/mol. The minimum absolute atomic E-state index is 0.170. The van der Waals surface area contributed by atoms with Crippen LogP contribution in [0.1, 0.15) is 79.8 Å². The van der Waals surface area contributed by atoms with Gasteiger partial charge >= 0.3 is 0 Å². The van der Waals surface area contributed by atoms with Gasteiger partial charge in [-0.25, -0.2) is 15.0 Å². The summed E-state index contributed by atoms with van der Waals surface area (Å²) in [6, 6.07) is 8.07. The normalized spacial score (nSPS) is 12.9. The first-order valence-electron chi connectivity index (χ1n) is 17.9. The summed E-state index contributed by atoms with van der Waals surface area (Å²) >= 11 is 0. The number of benzene rings is 1. The summed E-state index contributed by atoms with van der Waals surface area (Å²) in [5.41, 5.74) is 15.4. The summed E-state index contributed by atoms with van der Waals surface area (Å²) in [5, 5.41) is 14.6. The minimum atomic E-state index is -0.662. The molecule has 1 aliphatic rings. The van der Waals surface area contributed by atoms with E-state index in [9.17, 15) is 19.2 Å². The first-order valence-corrected chi connectivity index (χ1v) is 17.9. The topological polar surface area (TPSA) is 238 Å². The van der Waals surface area contributed by atoms with E-state index in [1.54, 1.807) is 49.7 Å². The van der Waals surface area contributed by atoms with Crippen molar-refractivity contribution in [3.8, 4) is 5.75 Å². The SMILES string of the molecule is CCn1nc(C)cc1C(=O)Nc1nc2cc(C(N)=O)cnc2n1C/C=C/Cn1c(NC(=O)c2cc(C)nn2CC)nc2cc(C(N)=O)cc(OCC3CC3)c21. The van der Waals surface area contributed by atoms with Crippen LogP contribution in [0.25, 0.3) is 22.2 Å². The van der Waals surface area contributed by atoms with Gasteiger partial charge in [0.15, 0.2) is 5.65 Å². The molecule has 1 saturated carbocycles. The molecule has 1 fully saturated rings. The number of carbonyl (C=O) groups excluding carboxylic acids is 4. The van der Waals surface area contributed by atoms with Crippen molar-refractivity contribution in [3.63, 3.8) is 0 Å². The Bertz CT molecular complexity index is 2520. The number of nitrogens with zero attached hydrogens (tertiary/aromatic N) is 9. The number of aromatic nitrogens is 9. The number of primary amides is 2. The van der Waals surface area contributed by atoms with Gasteiger partial charge < -0.3 is 20.8 Å². The van der Waals surface area contributed by atoms with E-state index in [2.05, 4.69) is 30.8 Å². The first kappa shape index (κ1) is 36.5. The second-order valence-electron chi connectivity index (χ2n) is 13.3. The molecular formula is C37H41N13O5. The van der Waals surface area contributed by atoms with Gasteiger partial charge in [-0.05, 0) is 76.8 Å². The van der Waals surface area contributed by atoms with Gasteiger partial charge in [-0.1, -0.05) is 12.2 Å². The number of fused-ring (bicyclic) bond motifs is 2. The molecule has 0 saturated heterocycles. The third kappa shape index (κ3) is 7.51. The third-order valence-corrected chi connectivity index (χ3v) is 9.19. The standard InChI is InChI=1S/C37H41N13O5/c1-5-49-27(13-20(3)45-49)34(53)43-36-41-25-15-23(31(38)51)17-29(55-19-22-9-10-22)30(25)47(36)11-7-8-12-48-33-26(16-24(18-40-33)32(39)52)42-37(48)44-35(54)28-14-21(4)46-50(28)6-2/h7-8,13-18,22H,5-6,9-12,19H2,1-4H3,(H2,38,51)(H2,39,52)(H,41,43,53)(H,42,44,54)/b8-7+. The van der Waals surface area contributed by atoms with Crippen molar-refractivity contribution < 1.29 is 23.9 Å². The number of allylic oxidation sites excluding steroid dienone is 2. The Labute approximate surface area is 314 Å². The van der Waals surface area contributed by atoms with Crippen LogP contribution in [-0.2, 0) is 26.2 Å². The predicted octanol–water partition coefficient (Wildman–Crippen LogP) is 3.58. The van der Waals surface area contributed by atoms with E-state index >= 15 is 0 Å². The summed E-state index contributed by atoms with van der Waals surface area (Å²) in [7, 11) is 0. The van der Waals surface area contributed by atoms with E-state index in [1.807, 2.05) is 32.9 Å². The van der Waals surface area contributed by atoms with E-state index in [-0.39, 0.29) is 36.1 Å². The van der Waals surface area contributed by atoms with Crippen LogP contribution >= 0.6 is 0 Å². The quantitative estimate of drug-likeness (QED) is 0.111. The lowest BCUT2D eigenvalue weighted by atomic mass is 10.1. The molecule has 18 heteroatoms. The highest BCUT2D eigenvalue weighted by molar-refractivity contribution is 6.05. The summed E-state index contributed by atoms with van der Waals surface area (Å²) in [5.74, 6) is -0.893. The molecule has 1 aromatic carbocycles. The highest BCUT2D eigenvalue weighted by Gasteiger charge is 2.25. The lowest BCUT2D eigenvalue weighted by Crippen LogP contribution is -2.20. The van der Waals surface area contributed by atoms with Crippen molar-refractivity contribution >= 4 is 57.7 Å². The van der Waals surface area contributed by atoms with Crippen LogP contribution in [0.3, 0.4) is 0 Å². The van der Waals surface area contributed by atoms with Gasteiger partial charge in [0.25, 0.3) is 11.8 Å². The molecule has 6 N–H and O–H groups in total. The van der Waals surface area contributed by atoms with Gasteiger partial charge in [0, 0.05) is 37.9 Å². The Balaban J connectivity index is 1.24. The average Bonchev–Trinajstić information content (AvgIpc) is 3.44. The molecule has 0 bridgehead atoms. The Morgan fingerprint density at radius 1 is 0.782 bits per heavy atom. The van der Waals surface area contributed by atoms with Crippen LogP contribution in [-0.4, -0.2) is 73.9 Å². The molecule has 0 unspecified atom stereocenters. The highest BCUT2D eigenvalue weighted by atomic mass is 16.5. The maximum Gasteiger partial charge on any atom is 0.276 e. The number of nitrogens with one attached hydrogen (secondary N) is 2. The van der Waals surface area contributed by atoms with Crippen LogP contribution in [0.4, 0.5) is 11.9 Å². The molecule has 7 rings (SSSR count). The molecule has 18 nitrogen and oxygen atoms in total. The molecule has 4 amide bonds. The number of nitrogens with two attached hydrogens (primary N) is 2. The molecule has 0 aliphatic heterocycles. The van der Waals surface area contributed by atoms with E-state index in [0.29, 0.717) is 76.3 Å². The zero-order valence-electron chi connectivity index (χ0n) is 30.9. The lowest BCUT2D eigenvalue weighted by Gasteiger charge is -2.13.